The van der Waals surface area contributed by atoms with Crippen molar-refractivity contribution in [2.45, 2.75) is 56.4 Å². The molecule has 4 nitrogen and oxygen atoms in total. The molecule has 0 spiro atoms. The van der Waals surface area contributed by atoms with Gasteiger partial charge >= 0.3 is 0 Å². The van der Waals surface area contributed by atoms with Crippen molar-refractivity contribution in [2.75, 3.05) is 5.73 Å². The Morgan fingerprint density at radius 1 is 1.33 bits per heavy atom. The summed E-state index contributed by atoms with van der Waals surface area (Å²) < 4.78 is 27.8. The van der Waals surface area contributed by atoms with Crippen LogP contribution in [0, 0.1) is 5.92 Å². The summed E-state index contributed by atoms with van der Waals surface area (Å²) >= 11 is 5.85. The van der Waals surface area contributed by atoms with E-state index in [9.17, 15) is 8.42 Å². The van der Waals surface area contributed by atoms with Crippen molar-refractivity contribution in [3.05, 3.63) is 23.2 Å². The molecule has 6 heteroatoms. The lowest BCUT2D eigenvalue weighted by atomic mass is 9.83. The third kappa shape index (κ3) is 4.11. The van der Waals surface area contributed by atoms with Gasteiger partial charge in [-0.05, 0) is 43.4 Å². The molecule has 1 aliphatic rings. The molecule has 118 valence electrons. The average Bonchev–Trinajstić information content (AvgIpc) is 2.48. The van der Waals surface area contributed by atoms with Crippen molar-refractivity contribution in [2.24, 2.45) is 5.92 Å². The topological polar surface area (TPSA) is 72.2 Å². The molecular weight excluding hydrogens is 308 g/mol. The summed E-state index contributed by atoms with van der Waals surface area (Å²) in [6.07, 6.45) is 6.64. The van der Waals surface area contributed by atoms with Gasteiger partial charge in [0.15, 0.2) is 0 Å². The van der Waals surface area contributed by atoms with E-state index < -0.39 is 10.0 Å². The van der Waals surface area contributed by atoms with Crippen LogP contribution in [0.4, 0.5) is 5.69 Å². The maximum Gasteiger partial charge on any atom is 0.240 e. The molecule has 2 rings (SSSR count). The minimum atomic E-state index is -3.55. The van der Waals surface area contributed by atoms with Crippen LogP contribution in [0.15, 0.2) is 23.1 Å². The molecule has 1 aromatic carbocycles. The van der Waals surface area contributed by atoms with Crippen molar-refractivity contribution in [3.63, 3.8) is 0 Å². The van der Waals surface area contributed by atoms with Gasteiger partial charge in [-0.3, -0.25) is 0 Å². The summed E-state index contributed by atoms with van der Waals surface area (Å²) in [5.41, 5.74) is 5.98. The second-order valence-corrected chi connectivity index (χ2v) is 7.84. The molecule has 1 unspecified atom stereocenters. The van der Waals surface area contributed by atoms with Crippen LogP contribution in [0.5, 0.6) is 0 Å². The van der Waals surface area contributed by atoms with Gasteiger partial charge in [0.25, 0.3) is 0 Å². The second kappa shape index (κ2) is 6.99. The highest BCUT2D eigenvalue weighted by molar-refractivity contribution is 7.89. The predicted octanol–water partition coefficient (Wildman–Crippen LogP) is 3.56. The fraction of sp³-hybridized carbons (Fsp3) is 0.600. The summed E-state index contributed by atoms with van der Waals surface area (Å²) in [6, 6.07) is 4.42. The number of anilines is 1. The van der Waals surface area contributed by atoms with Crippen molar-refractivity contribution >= 4 is 27.3 Å². The Hall–Kier alpha value is -0.780. The Kier molecular flexibility index (Phi) is 5.52. The van der Waals surface area contributed by atoms with E-state index in [-0.39, 0.29) is 16.6 Å². The fourth-order valence-electron chi connectivity index (χ4n) is 3.01. The van der Waals surface area contributed by atoms with E-state index in [1.54, 1.807) is 0 Å². The molecule has 21 heavy (non-hydrogen) atoms. The van der Waals surface area contributed by atoms with Crippen LogP contribution in [0.2, 0.25) is 5.02 Å². The molecule has 0 radical (unpaired) electrons. The smallest absolute Gasteiger partial charge is 0.240 e. The van der Waals surface area contributed by atoms with Gasteiger partial charge < -0.3 is 5.73 Å². The summed E-state index contributed by atoms with van der Waals surface area (Å²) in [4.78, 5) is 0.179. The average molecular weight is 331 g/mol. The molecule has 3 N–H and O–H groups in total. The van der Waals surface area contributed by atoms with Crippen LogP contribution >= 0.6 is 11.6 Å². The molecule has 0 heterocycles. The van der Waals surface area contributed by atoms with E-state index in [1.807, 2.05) is 6.92 Å². The van der Waals surface area contributed by atoms with E-state index >= 15 is 0 Å². The van der Waals surface area contributed by atoms with Gasteiger partial charge in [-0.2, -0.15) is 0 Å². The number of halogens is 1. The summed E-state index contributed by atoms with van der Waals surface area (Å²) in [7, 11) is -3.55. The SMILES string of the molecule is CCC(NS(=O)(=O)c1ccc(Cl)c(N)c1)C1CCCCC1. The quantitative estimate of drug-likeness (QED) is 0.811. The van der Waals surface area contributed by atoms with Crippen molar-refractivity contribution in [1.82, 2.24) is 4.72 Å². The lowest BCUT2D eigenvalue weighted by Gasteiger charge is -2.30. The Labute approximate surface area is 132 Å². The second-order valence-electron chi connectivity index (χ2n) is 5.72. The Bertz CT molecular complexity index is 583. The van der Waals surface area contributed by atoms with Gasteiger partial charge in [-0.1, -0.05) is 37.8 Å². The fourth-order valence-corrected chi connectivity index (χ4v) is 4.55. The zero-order chi connectivity index (χ0) is 15.5. The molecule has 1 fully saturated rings. The Balaban J connectivity index is 2.16. The van der Waals surface area contributed by atoms with Crippen LogP contribution in [-0.2, 0) is 10.0 Å². The van der Waals surface area contributed by atoms with E-state index in [2.05, 4.69) is 4.72 Å². The standard InChI is InChI=1S/C15H23ClN2O2S/c1-2-15(11-6-4-3-5-7-11)18-21(19,20)12-8-9-13(16)14(17)10-12/h8-11,15,18H,2-7,17H2,1H3. The highest BCUT2D eigenvalue weighted by atomic mass is 35.5. The normalized spacial score (nSPS) is 18.6. The molecule has 1 atom stereocenters. The van der Waals surface area contributed by atoms with Gasteiger partial charge in [0.1, 0.15) is 0 Å². The van der Waals surface area contributed by atoms with E-state index in [0.717, 1.165) is 19.3 Å². The lowest BCUT2D eigenvalue weighted by Crippen LogP contribution is -2.40. The van der Waals surface area contributed by atoms with Crippen molar-refractivity contribution in [1.29, 1.82) is 0 Å². The van der Waals surface area contributed by atoms with Crippen molar-refractivity contribution < 1.29 is 8.42 Å². The number of benzene rings is 1. The molecular formula is C15H23ClN2O2S. The first-order chi connectivity index (χ1) is 9.94. The minimum absolute atomic E-state index is 0.00722. The monoisotopic (exact) mass is 330 g/mol. The van der Waals surface area contributed by atoms with E-state index in [1.165, 1.54) is 37.5 Å². The zero-order valence-electron chi connectivity index (χ0n) is 12.3. The van der Waals surface area contributed by atoms with Crippen LogP contribution < -0.4 is 10.5 Å². The van der Waals surface area contributed by atoms with Crippen LogP contribution in [0.3, 0.4) is 0 Å². The highest BCUT2D eigenvalue weighted by Crippen LogP contribution is 2.29. The van der Waals surface area contributed by atoms with Crippen LogP contribution in [-0.4, -0.2) is 14.5 Å². The van der Waals surface area contributed by atoms with E-state index in [4.69, 9.17) is 17.3 Å². The first-order valence-corrected chi connectivity index (χ1v) is 9.37. The molecule has 0 aromatic heterocycles. The van der Waals surface area contributed by atoms with Gasteiger partial charge in [-0.25, -0.2) is 13.1 Å². The van der Waals surface area contributed by atoms with Gasteiger partial charge in [-0.15, -0.1) is 0 Å². The number of rotatable bonds is 5. The highest BCUT2D eigenvalue weighted by Gasteiger charge is 2.27. The molecule has 0 saturated heterocycles. The van der Waals surface area contributed by atoms with Gasteiger partial charge in [0.05, 0.1) is 15.6 Å². The molecule has 0 aliphatic heterocycles. The van der Waals surface area contributed by atoms with Crippen LogP contribution in [0.1, 0.15) is 45.4 Å². The molecule has 0 bridgehead atoms. The summed E-state index contributed by atoms with van der Waals surface area (Å²) in [6.45, 7) is 2.03. The summed E-state index contributed by atoms with van der Waals surface area (Å²) in [5, 5.41) is 0.369. The maximum atomic E-state index is 12.5. The van der Waals surface area contributed by atoms with Gasteiger partial charge in [0, 0.05) is 6.04 Å². The maximum absolute atomic E-state index is 12.5. The number of hydrogen-bond donors (Lipinski definition) is 2. The zero-order valence-corrected chi connectivity index (χ0v) is 13.9. The number of nitrogens with two attached hydrogens (primary N) is 1. The number of sulfonamides is 1. The largest absolute Gasteiger partial charge is 0.397 e. The number of nitrogens with one attached hydrogen (secondary N) is 1. The summed E-state index contributed by atoms with van der Waals surface area (Å²) in [5.74, 6) is 0.433. The third-order valence-electron chi connectivity index (χ3n) is 4.24. The molecule has 0 amide bonds. The Morgan fingerprint density at radius 2 is 2.00 bits per heavy atom. The van der Waals surface area contributed by atoms with Crippen LogP contribution in [0.25, 0.3) is 0 Å². The molecule has 1 aromatic rings. The first-order valence-electron chi connectivity index (χ1n) is 7.51. The predicted molar refractivity (Wildman–Crippen MR) is 86.8 cm³/mol. The molecule has 1 aliphatic carbocycles. The number of hydrogen-bond acceptors (Lipinski definition) is 3. The van der Waals surface area contributed by atoms with E-state index in [0.29, 0.717) is 10.9 Å². The van der Waals surface area contributed by atoms with Gasteiger partial charge in [0.2, 0.25) is 10.0 Å². The Morgan fingerprint density at radius 3 is 2.57 bits per heavy atom. The van der Waals surface area contributed by atoms with Crippen molar-refractivity contribution in [3.8, 4) is 0 Å². The molecule has 1 saturated carbocycles. The number of nitrogen functional groups attached to an aromatic ring is 1. The third-order valence-corrected chi connectivity index (χ3v) is 6.07. The lowest BCUT2D eigenvalue weighted by molar-refractivity contribution is 0.285. The minimum Gasteiger partial charge on any atom is -0.397 e. The first kappa shape index (κ1) is 16.6.